The van der Waals surface area contributed by atoms with Gasteiger partial charge in [0.2, 0.25) is 5.91 Å². The first kappa shape index (κ1) is 19.6. The zero-order valence-electron chi connectivity index (χ0n) is 17.1. The Morgan fingerprint density at radius 3 is 2.74 bits per heavy atom. The van der Waals surface area contributed by atoms with Gasteiger partial charge in [-0.1, -0.05) is 32.0 Å². The fraction of sp³-hybridized carbons (Fsp3) is 0.545. The van der Waals surface area contributed by atoms with E-state index in [4.69, 9.17) is 5.10 Å². The Hall–Kier alpha value is -2.14. The molecule has 2 aromatic rings. The van der Waals surface area contributed by atoms with Crippen molar-refractivity contribution in [1.82, 2.24) is 20.0 Å². The molecule has 1 aromatic heterocycles. The normalized spacial score (nSPS) is 14.9. The van der Waals surface area contributed by atoms with E-state index in [2.05, 4.69) is 60.8 Å². The number of hydrogen-bond acceptors (Lipinski definition) is 3. The van der Waals surface area contributed by atoms with Gasteiger partial charge in [-0.25, -0.2) is 0 Å². The largest absolute Gasteiger partial charge is 0.350 e. The molecule has 0 unspecified atom stereocenters. The number of fused-ring (bicyclic) bond motifs is 1. The standard InChI is InChI=1S/C22H32N4O/c1-16(2)14-25-8-5-9-26-21(15-25)12-20(24-26)13-23-22(27)11-19-7-6-17(3)18(4)10-19/h6-7,10,12,16H,5,8-9,11,13-15H2,1-4H3,(H,23,27). The number of benzene rings is 1. The molecule has 0 fully saturated rings. The Morgan fingerprint density at radius 1 is 1.19 bits per heavy atom. The topological polar surface area (TPSA) is 50.2 Å². The molecule has 2 heterocycles. The van der Waals surface area contributed by atoms with Gasteiger partial charge in [-0.2, -0.15) is 5.10 Å². The molecule has 3 rings (SSSR count). The second-order valence-electron chi connectivity index (χ2n) is 8.20. The van der Waals surface area contributed by atoms with E-state index in [1.165, 1.54) is 16.8 Å². The summed E-state index contributed by atoms with van der Waals surface area (Å²) in [5.41, 5.74) is 5.74. The van der Waals surface area contributed by atoms with Crippen LogP contribution in [0.15, 0.2) is 24.3 Å². The van der Waals surface area contributed by atoms with Crippen LogP contribution in [0, 0.1) is 19.8 Å². The number of nitrogens with zero attached hydrogens (tertiary/aromatic N) is 3. The molecule has 1 aromatic carbocycles. The third-order valence-corrected chi connectivity index (χ3v) is 5.17. The second kappa shape index (κ2) is 8.70. The van der Waals surface area contributed by atoms with Crippen LogP contribution in [0.5, 0.6) is 0 Å². The molecule has 1 aliphatic heterocycles. The number of hydrogen-bond donors (Lipinski definition) is 1. The van der Waals surface area contributed by atoms with E-state index in [0.29, 0.717) is 18.9 Å². The van der Waals surface area contributed by atoms with Crippen LogP contribution in [0.1, 0.15) is 48.3 Å². The first-order chi connectivity index (χ1) is 12.9. The van der Waals surface area contributed by atoms with E-state index in [9.17, 15) is 4.79 Å². The van der Waals surface area contributed by atoms with Gasteiger partial charge in [0.25, 0.3) is 0 Å². The highest BCUT2D eigenvalue weighted by molar-refractivity contribution is 5.78. The van der Waals surface area contributed by atoms with Gasteiger partial charge in [0.1, 0.15) is 0 Å². The van der Waals surface area contributed by atoms with Gasteiger partial charge in [0.05, 0.1) is 24.4 Å². The summed E-state index contributed by atoms with van der Waals surface area (Å²) in [5, 5.41) is 7.73. The fourth-order valence-corrected chi connectivity index (χ4v) is 3.70. The third kappa shape index (κ3) is 5.42. The summed E-state index contributed by atoms with van der Waals surface area (Å²) in [5.74, 6) is 0.714. The quantitative estimate of drug-likeness (QED) is 0.852. The fourth-order valence-electron chi connectivity index (χ4n) is 3.70. The molecular formula is C22H32N4O. The summed E-state index contributed by atoms with van der Waals surface area (Å²) in [6.45, 7) is 13.3. The number of nitrogens with one attached hydrogen (secondary N) is 1. The molecule has 0 atom stereocenters. The molecule has 0 radical (unpaired) electrons. The van der Waals surface area contributed by atoms with Gasteiger partial charge < -0.3 is 5.32 Å². The number of rotatable bonds is 6. The number of carbonyl (C=O) groups excluding carboxylic acids is 1. The van der Waals surface area contributed by atoms with Crippen molar-refractivity contribution < 1.29 is 4.79 Å². The smallest absolute Gasteiger partial charge is 0.224 e. The molecule has 0 aliphatic carbocycles. The van der Waals surface area contributed by atoms with E-state index in [1.807, 2.05) is 6.07 Å². The lowest BCUT2D eigenvalue weighted by atomic mass is 10.0. The van der Waals surface area contributed by atoms with E-state index >= 15 is 0 Å². The molecule has 1 N–H and O–H groups in total. The Labute approximate surface area is 162 Å². The predicted molar refractivity (Wildman–Crippen MR) is 108 cm³/mol. The first-order valence-electron chi connectivity index (χ1n) is 10.0. The zero-order chi connectivity index (χ0) is 19.4. The van der Waals surface area contributed by atoms with Crippen LogP contribution in [0.4, 0.5) is 0 Å². The number of carbonyl (C=O) groups is 1. The lowest BCUT2D eigenvalue weighted by Crippen LogP contribution is -2.27. The second-order valence-corrected chi connectivity index (χ2v) is 8.20. The van der Waals surface area contributed by atoms with Crippen molar-refractivity contribution >= 4 is 5.91 Å². The first-order valence-corrected chi connectivity index (χ1v) is 10.0. The van der Waals surface area contributed by atoms with Crippen molar-refractivity contribution in [3.05, 3.63) is 52.3 Å². The van der Waals surface area contributed by atoms with Crippen LogP contribution in [0.25, 0.3) is 0 Å². The molecule has 146 valence electrons. The van der Waals surface area contributed by atoms with Gasteiger partial charge in [0.15, 0.2) is 0 Å². The van der Waals surface area contributed by atoms with E-state index in [0.717, 1.165) is 43.9 Å². The van der Waals surface area contributed by atoms with Crippen molar-refractivity contribution in [2.45, 2.75) is 60.2 Å². The average molecular weight is 369 g/mol. The summed E-state index contributed by atoms with van der Waals surface area (Å²) in [6, 6.07) is 8.35. The monoisotopic (exact) mass is 368 g/mol. The maximum Gasteiger partial charge on any atom is 0.224 e. The van der Waals surface area contributed by atoms with Crippen LogP contribution in [0.2, 0.25) is 0 Å². The van der Waals surface area contributed by atoms with Gasteiger partial charge in [-0.05, 0) is 48.9 Å². The van der Waals surface area contributed by atoms with E-state index in [-0.39, 0.29) is 5.91 Å². The lowest BCUT2D eigenvalue weighted by molar-refractivity contribution is -0.120. The summed E-state index contributed by atoms with van der Waals surface area (Å²) in [6.07, 6.45) is 1.54. The van der Waals surface area contributed by atoms with Crippen LogP contribution in [0.3, 0.4) is 0 Å². The molecule has 0 saturated heterocycles. The molecule has 5 nitrogen and oxygen atoms in total. The molecule has 0 spiro atoms. The van der Waals surface area contributed by atoms with Crippen LogP contribution < -0.4 is 5.32 Å². The highest BCUT2D eigenvalue weighted by atomic mass is 16.1. The molecule has 0 bridgehead atoms. The van der Waals surface area contributed by atoms with Crippen LogP contribution in [-0.4, -0.2) is 33.7 Å². The Bertz CT molecular complexity index is 794. The van der Waals surface area contributed by atoms with Crippen molar-refractivity contribution in [3.63, 3.8) is 0 Å². The highest BCUT2D eigenvalue weighted by Gasteiger charge is 2.17. The Morgan fingerprint density at radius 2 is 2.00 bits per heavy atom. The van der Waals surface area contributed by atoms with E-state index < -0.39 is 0 Å². The number of amides is 1. The lowest BCUT2D eigenvalue weighted by Gasteiger charge is -2.21. The zero-order valence-corrected chi connectivity index (χ0v) is 17.1. The molecule has 1 aliphatic rings. The summed E-state index contributed by atoms with van der Waals surface area (Å²) in [7, 11) is 0. The predicted octanol–water partition coefficient (Wildman–Crippen LogP) is 3.22. The number of aryl methyl sites for hydroxylation is 3. The minimum Gasteiger partial charge on any atom is -0.350 e. The SMILES string of the molecule is Cc1ccc(CC(=O)NCc2cc3n(n2)CCCN(CC(C)C)C3)cc1C. The molecule has 27 heavy (non-hydrogen) atoms. The molecule has 1 amide bonds. The van der Waals surface area contributed by atoms with Crippen LogP contribution >= 0.6 is 0 Å². The van der Waals surface area contributed by atoms with Crippen molar-refractivity contribution in [2.75, 3.05) is 13.1 Å². The van der Waals surface area contributed by atoms with Crippen molar-refractivity contribution in [1.29, 1.82) is 0 Å². The van der Waals surface area contributed by atoms with Gasteiger partial charge in [-0.15, -0.1) is 0 Å². The summed E-state index contributed by atoms with van der Waals surface area (Å²) >= 11 is 0. The Kier molecular flexibility index (Phi) is 6.32. The third-order valence-electron chi connectivity index (χ3n) is 5.17. The van der Waals surface area contributed by atoms with Gasteiger partial charge >= 0.3 is 0 Å². The maximum absolute atomic E-state index is 12.3. The van der Waals surface area contributed by atoms with Gasteiger partial charge in [-0.3, -0.25) is 14.4 Å². The van der Waals surface area contributed by atoms with Crippen molar-refractivity contribution in [2.24, 2.45) is 5.92 Å². The Balaban J connectivity index is 1.55. The van der Waals surface area contributed by atoms with Crippen molar-refractivity contribution in [3.8, 4) is 0 Å². The summed E-state index contributed by atoms with van der Waals surface area (Å²) in [4.78, 5) is 14.8. The average Bonchev–Trinajstić information content (AvgIpc) is 2.88. The minimum atomic E-state index is 0.0443. The van der Waals surface area contributed by atoms with Gasteiger partial charge in [0, 0.05) is 26.2 Å². The van der Waals surface area contributed by atoms with E-state index in [1.54, 1.807) is 0 Å². The molecule has 0 saturated carbocycles. The molecule has 5 heteroatoms. The molecular weight excluding hydrogens is 336 g/mol. The highest BCUT2D eigenvalue weighted by Crippen LogP contribution is 2.15. The minimum absolute atomic E-state index is 0.0443. The maximum atomic E-state index is 12.3. The van der Waals surface area contributed by atoms with Crippen LogP contribution in [-0.2, 0) is 30.8 Å². The number of aromatic nitrogens is 2. The summed E-state index contributed by atoms with van der Waals surface area (Å²) < 4.78 is 2.12.